The molecule has 2 aromatic rings. The second-order valence-electron chi connectivity index (χ2n) is 6.79. The number of amides is 2. The molecule has 3 rings (SSSR count). The van der Waals surface area contributed by atoms with Gasteiger partial charge in [0.2, 0.25) is 0 Å². The number of hydrogen-bond donors (Lipinski definition) is 1. The molecule has 1 aromatic heterocycles. The van der Waals surface area contributed by atoms with Crippen molar-refractivity contribution >= 4 is 17.5 Å². The number of piperazine rings is 1. The Labute approximate surface area is 158 Å². The Morgan fingerprint density at radius 1 is 1.00 bits per heavy atom. The van der Waals surface area contributed by atoms with Crippen molar-refractivity contribution in [3.63, 3.8) is 0 Å². The lowest BCUT2D eigenvalue weighted by Crippen LogP contribution is -2.49. The van der Waals surface area contributed by atoms with Crippen molar-refractivity contribution in [2.24, 2.45) is 0 Å². The van der Waals surface area contributed by atoms with Crippen LogP contribution in [0.2, 0.25) is 0 Å². The molecule has 27 heavy (non-hydrogen) atoms. The molecular formula is C20H23FN4O2. The third kappa shape index (κ3) is 4.61. The van der Waals surface area contributed by atoms with Crippen LogP contribution in [0.4, 0.5) is 10.1 Å². The van der Waals surface area contributed by atoms with Crippen LogP contribution in [0.5, 0.6) is 0 Å². The van der Waals surface area contributed by atoms with E-state index in [1.54, 1.807) is 35.2 Å². The smallest absolute Gasteiger partial charge is 0.272 e. The van der Waals surface area contributed by atoms with Gasteiger partial charge in [0.15, 0.2) is 0 Å². The van der Waals surface area contributed by atoms with Crippen molar-refractivity contribution in [2.45, 2.75) is 19.9 Å². The van der Waals surface area contributed by atoms with Crippen molar-refractivity contribution < 1.29 is 14.0 Å². The van der Waals surface area contributed by atoms with E-state index < -0.39 is 0 Å². The normalized spacial score (nSPS) is 14.4. The zero-order valence-electron chi connectivity index (χ0n) is 15.5. The first-order chi connectivity index (χ1) is 12.9. The molecule has 0 aliphatic carbocycles. The third-order valence-corrected chi connectivity index (χ3v) is 4.38. The van der Waals surface area contributed by atoms with E-state index in [1.807, 2.05) is 13.8 Å². The zero-order valence-corrected chi connectivity index (χ0v) is 15.5. The largest absolute Gasteiger partial charge is 0.368 e. The molecule has 0 saturated carbocycles. The molecule has 2 amide bonds. The average Bonchev–Trinajstić information content (AvgIpc) is 2.68. The van der Waals surface area contributed by atoms with Crippen LogP contribution in [0.1, 0.15) is 34.8 Å². The first-order valence-electron chi connectivity index (χ1n) is 9.02. The van der Waals surface area contributed by atoms with Gasteiger partial charge in [0.1, 0.15) is 17.2 Å². The van der Waals surface area contributed by atoms with Gasteiger partial charge in [-0.2, -0.15) is 0 Å². The third-order valence-electron chi connectivity index (χ3n) is 4.38. The molecule has 1 aromatic carbocycles. The van der Waals surface area contributed by atoms with Crippen LogP contribution < -0.4 is 10.2 Å². The predicted molar refractivity (Wildman–Crippen MR) is 101 cm³/mol. The first-order valence-corrected chi connectivity index (χ1v) is 9.02. The van der Waals surface area contributed by atoms with Gasteiger partial charge in [-0.3, -0.25) is 9.59 Å². The monoisotopic (exact) mass is 370 g/mol. The number of aromatic nitrogens is 1. The molecule has 6 nitrogen and oxygen atoms in total. The van der Waals surface area contributed by atoms with E-state index in [0.29, 0.717) is 26.2 Å². The van der Waals surface area contributed by atoms with E-state index in [-0.39, 0.29) is 35.1 Å². The number of nitrogens with one attached hydrogen (secondary N) is 1. The summed E-state index contributed by atoms with van der Waals surface area (Å²) in [7, 11) is 0. The number of benzene rings is 1. The van der Waals surface area contributed by atoms with Crippen LogP contribution in [0, 0.1) is 5.82 Å². The highest BCUT2D eigenvalue weighted by Crippen LogP contribution is 2.17. The number of rotatable bonds is 4. The molecule has 1 aliphatic rings. The Balaban J connectivity index is 1.64. The van der Waals surface area contributed by atoms with Crippen molar-refractivity contribution in [3.05, 3.63) is 59.7 Å². The molecule has 0 radical (unpaired) electrons. The van der Waals surface area contributed by atoms with Crippen LogP contribution in [0.25, 0.3) is 0 Å². The van der Waals surface area contributed by atoms with Crippen LogP contribution in [-0.4, -0.2) is 53.9 Å². The molecule has 1 aliphatic heterocycles. The minimum atomic E-state index is -0.291. The van der Waals surface area contributed by atoms with Gasteiger partial charge in [-0.05, 0) is 50.2 Å². The molecule has 0 spiro atoms. The van der Waals surface area contributed by atoms with Crippen molar-refractivity contribution in [3.8, 4) is 0 Å². The topological polar surface area (TPSA) is 65.5 Å². The zero-order chi connectivity index (χ0) is 19.4. The number of pyridine rings is 1. The summed E-state index contributed by atoms with van der Waals surface area (Å²) in [4.78, 5) is 32.9. The van der Waals surface area contributed by atoms with E-state index >= 15 is 0 Å². The number of carbonyl (C=O) groups is 2. The molecule has 1 N–H and O–H groups in total. The number of carbonyl (C=O) groups excluding carboxylic acids is 2. The van der Waals surface area contributed by atoms with Gasteiger partial charge in [-0.15, -0.1) is 0 Å². The molecule has 0 unspecified atom stereocenters. The molecule has 142 valence electrons. The number of halogens is 1. The lowest BCUT2D eigenvalue weighted by atomic mass is 10.2. The van der Waals surface area contributed by atoms with Gasteiger partial charge in [0, 0.05) is 37.9 Å². The second kappa shape index (κ2) is 8.16. The fraction of sp³-hybridized carbons (Fsp3) is 0.350. The maximum absolute atomic E-state index is 13.1. The van der Waals surface area contributed by atoms with E-state index in [1.165, 1.54) is 12.1 Å². The Morgan fingerprint density at radius 2 is 1.63 bits per heavy atom. The Hall–Kier alpha value is -2.96. The van der Waals surface area contributed by atoms with Crippen LogP contribution >= 0.6 is 0 Å². The SMILES string of the molecule is CC(C)NC(=O)c1cccc(C(=O)N2CCN(c3ccc(F)cc3)CC2)n1. The van der Waals surface area contributed by atoms with Gasteiger partial charge < -0.3 is 15.1 Å². The van der Waals surface area contributed by atoms with Crippen molar-refractivity contribution in [2.75, 3.05) is 31.1 Å². The highest BCUT2D eigenvalue weighted by molar-refractivity contribution is 5.96. The summed E-state index contributed by atoms with van der Waals surface area (Å²) >= 11 is 0. The van der Waals surface area contributed by atoms with E-state index in [0.717, 1.165) is 5.69 Å². The van der Waals surface area contributed by atoms with Gasteiger partial charge in [0.05, 0.1) is 0 Å². The minimum absolute atomic E-state index is 0.00167. The fourth-order valence-corrected chi connectivity index (χ4v) is 3.00. The fourth-order valence-electron chi connectivity index (χ4n) is 3.00. The van der Waals surface area contributed by atoms with Gasteiger partial charge in [-0.1, -0.05) is 6.07 Å². The van der Waals surface area contributed by atoms with Gasteiger partial charge >= 0.3 is 0 Å². The standard InChI is InChI=1S/C20H23FN4O2/c1-14(2)22-19(26)17-4-3-5-18(23-17)20(27)25-12-10-24(11-13-25)16-8-6-15(21)7-9-16/h3-9,14H,10-13H2,1-2H3,(H,22,26). The van der Waals surface area contributed by atoms with Crippen molar-refractivity contribution in [1.29, 1.82) is 0 Å². The molecule has 1 saturated heterocycles. The first kappa shape index (κ1) is 18.8. The van der Waals surface area contributed by atoms with Crippen LogP contribution in [0.15, 0.2) is 42.5 Å². The summed E-state index contributed by atoms with van der Waals surface area (Å²) in [6.07, 6.45) is 0. The van der Waals surface area contributed by atoms with Crippen LogP contribution in [-0.2, 0) is 0 Å². The average molecular weight is 370 g/mol. The van der Waals surface area contributed by atoms with Crippen LogP contribution in [0.3, 0.4) is 0 Å². The summed E-state index contributed by atoms with van der Waals surface area (Å²) in [6.45, 7) is 6.14. The quantitative estimate of drug-likeness (QED) is 0.897. The number of nitrogens with zero attached hydrogens (tertiary/aromatic N) is 3. The highest BCUT2D eigenvalue weighted by atomic mass is 19.1. The number of hydrogen-bond acceptors (Lipinski definition) is 4. The molecular weight excluding hydrogens is 347 g/mol. The van der Waals surface area contributed by atoms with E-state index in [9.17, 15) is 14.0 Å². The highest BCUT2D eigenvalue weighted by Gasteiger charge is 2.24. The summed E-state index contributed by atoms with van der Waals surface area (Å²) in [5, 5.41) is 2.77. The Bertz CT molecular complexity index is 815. The summed E-state index contributed by atoms with van der Waals surface area (Å²) in [5.74, 6) is -0.742. The van der Waals surface area contributed by atoms with Crippen molar-refractivity contribution in [1.82, 2.24) is 15.2 Å². The predicted octanol–water partition coefficient (Wildman–Crippen LogP) is 2.32. The number of anilines is 1. The Kier molecular flexibility index (Phi) is 5.69. The van der Waals surface area contributed by atoms with Gasteiger partial charge in [-0.25, -0.2) is 9.37 Å². The molecule has 0 atom stereocenters. The minimum Gasteiger partial charge on any atom is -0.368 e. The molecule has 7 heteroatoms. The van der Waals surface area contributed by atoms with E-state index in [2.05, 4.69) is 15.2 Å². The van der Waals surface area contributed by atoms with E-state index in [4.69, 9.17) is 0 Å². The maximum Gasteiger partial charge on any atom is 0.272 e. The maximum atomic E-state index is 13.1. The Morgan fingerprint density at radius 3 is 2.26 bits per heavy atom. The molecule has 0 bridgehead atoms. The lowest BCUT2D eigenvalue weighted by Gasteiger charge is -2.36. The molecule has 2 heterocycles. The lowest BCUT2D eigenvalue weighted by molar-refractivity contribution is 0.0740. The summed E-state index contributed by atoms with van der Waals surface area (Å²) < 4.78 is 13.1. The second-order valence-corrected chi connectivity index (χ2v) is 6.79. The summed E-state index contributed by atoms with van der Waals surface area (Å²) in [6, 6.07) is 11.2. The summed E-state index contributed by atoms with van der Waals surface area (Å²) in [5.41, 5.74) is 1.44. The molecule has 1 fully saturated rings. The van der Waals surface area contributed by atoms with Gasteiger partial charge in [0.25, 0.3) is 11.8 Å².